The maximum atomic E-state index is 13.0. The number of thiophene rings is 2. The van der Waals surface area contributed by atoms with Gasteiger partial charge >= 0.3 is 5.97 Å². The van der Waals surface area contributed by atoms with Crippen molar-refractivity contribution in [2.75, 3.05) is 6.61 Å². The number of benzene rings is 2. The predicted molar refractivity (Wildman–Crippen MR) is 159 cm³/mol. The normalized spacial score (nSPS) is 12.8. The molecule has 0 atom stereocenters. The van der Waals surface area contributed by atoms with Crippen LogP contribution in [0.2, 0.25) is 0 Å². The Kier molecular flexibility index (Phi) is 7.87. The van der Waals surface area contributed by atoms with Crippen LogP contribution >= 0.6 is 22.7 Å². The summed E-state index contributed by atoms with van der Waals surface area (Å²) in [5.41, 5.74) is 6.38. The maximum Gasteiger partial charge on any atom is 0.339 e. The van der Waals surface area contributed by atoms with Crippen LogP contribution in [0.4, 0.5) is 0 Å². The smallest absolute Gasteiger partial charge is 0.339 e. The summed E-state index contributed by atoms with van der Waals surface area (Å²) in [7, 11) is 0. The third kappa shape index (κ3) is 5.27. The van der Waals surface area contributed by atoms with Crippen LogP contribution in [0.25, 0.3) is 31.3 Å². The molecule has 0 fully saturated rings. The Morgan fingerprint density at radius 3 is 2.32 bits per heavy atom. The maximum absolute atomic E-state index is 13.0. The Morgan fingerprint density at radius 1 is 0.784 bits per heavy atom. The average Bonchev–Trinajstić information content (AvgIpc) is 3.65. The molecule has 1 aliphatic rings. The van der Waals surface area contributed by atoms with E-state index in [1.54, 1.807) is 0 Å². The van der Waals surface area contributed by atoms with E-state index in [4.69, 9.17) is 4.74 Å². The largest absolute Gasteiger partial charge is 0.462 e. The van der Waals surface area contributed by atoms with Crippen molar-refractivity contribution in [2.24, 2.45) is 0 Å². The summed E-state index contributed by atoms with van der Waals surface area (Å²) < 4.78 is 5.43. The molecule has 188 valence electrons. The third-order valence-corrected chi connectivity index (χ3v) is 9.25. The van der Waals surface area contributed by atoms with Gasteiger partial charge in [0, 0.05) is 25.1 Å². The van der Waals surface area contributed by atoms with Crippen molar-refractivity contribution in [1.29, 1.82) is 0 Å². The van der Waals surface area contributed by atoms with E-state index in [1.807, 2.05) is 59.9 Å². The molecule has 0 radical (unpaired) electrons. The monoisotopic (exact) mass is 524 g/mol. The van der Waals surface area contributed by atoms with Crippen LogP contribution in [-0.2, 0) is 16.0 Å². The van der Waals surface area contributed by atoms with Gasteiger partial charge in [0.1, 0.15) is 0 Å². The fourth-order valence-corrected chi connectivity index (χ4v) is 7.06. The van der Waals surface area contributed by atoms with Gasteiger partial charge in [0.15, 0.2) is 0 Å². The number of fused-ring (bicyclic) bond motifs is 1. The van der Waals surface area contributed by atoms with Crippen molar-refractivity contribution in [2.45, 2.75) is 46.0 Å². The number of unbranched alkanes of at least 4 members (excludes halogenated alkanes) is 3. The van der Waals surface area contributed by atoms with Crippen LogP contribution in [0.5, 0.6) is 0 Å². The lowest BCUT2D eigenvalue weighted by Gasteiger charge is -2.09. The topological polar surface area (TPSA) is 26.3 Å². The van der Waals surface area contributed by atoms with Gasteiger partial charge in [-0.15, -0.1) is 22.7 Å². The van der Waals surface area contributed by atoms with Crippen molar-refractivity contribution >= 4 is 39.8 Å². The zero-order valence-corrected chi connectivity index (χ0v) is 23.1. The highest BCUT2D eigenvalue weighted by Crippen LogP contribution is 2.46. The minimum atomic E-state index is -0.314. The number of ether oxygens (including phenoxy) is 1. The summed E-state index contributed by atoms with van der Waals surface area (Å²) in [5, 5.41) is 0. The number of carbonyl (C=O) groups excluding carboxylic acids is 1. The Labute approximate surface area is 228 Å². The predicted octanol–water partition coefficient (Wildman–Crippen LogP) is 9.66. The van der Waals surface area contributed by atoms with E-state index >= 15 is 0 Å². The third-order valence-electron chi connectivity index (χ3n) is 6.78. The van der Waals surface area contributed by atoms with Gasteiger partial charge in [-0.3, -0.25) is 0 Å². The van der Waals surface area contributed by atoms with Crippen molar-refractivity contribution in [3.8, 4) is 20.2 Å². The number of rotatable bonds is 10. The Bertz CT molecular complexity index is 1450. The zero-order chi connectivity index (χ0) is 25.8. The molecule has 2 aromatic carbocycles. The lowest BCUT2D eigenvalue weighted by molar-refractivity contribution is -0.137. The highest BCUT2D eigenvalue weighted by Gasteiger charge is 2.31. The summed E-state index contributed by atoms with van der Waals surface area (Å²) in [6.45, 7) is 8.75. The van der Waals surface area contributed by atoms with Crippen molar-refractivity contribution in [3.05, 3.63) is 107 Å². The molecule has 0 amide bonds. The van der Waals surface area contributed by atoms with E-state index in [9.17, 15) is 4.79 Å². The molecule has 0 spiro atoms. The first kappa shape index (κ1) is 25.4. The van der Waals surface area contributed by atoms with Crippen LogP contribution in [-0.4, -0.2) is 12.6 Å². The lowest BCUT2D eigenvalue weighted by atomic mass is 9.96. The van der Waals surface area contributed by atoms with Crippen LogP contribution in [0.15, 0.2) is 84.9 Å². The molecule has 37 heavy (non-hydrogen) atoms. The van der Waals surface area contributed by atoms with Gasteiger partial charge in [-0.1, -0.05) is 75.2 Å². The first-order valence-electron chi connectivity index (χ1n) is 13.1. The van der Waals surface area contributed by atoms with Gasteiger partial charge in [-0.05, 0) is 77.9 Å². The second-order valence-electron chi connectivity index (χ2n) is 9.32. The minimum Gasteiger partial charge on any atom is -0.462 e. The molecule has 0 saturated heterocycles. The Hall–Kier alpha value is -3.21. The number of hydrogen-bond donors (Lipinski definition) is 0. The first-order valence-corrected chi connectivity index (χ1v) is 14.7. The molecule has 0 unspecified atom stereocenters. The summed E-state index contributed by atoms with van der Waals surface area (Å²) in [6, 6.07) is 25.5. The van der Waals surface area contributed by atoms with E-state index in [1.165, 1.54) is 51.6 Å². The second-order valence-corrected chi connectivity index (χ2v) is 11.6. The molecule has 5 rings (SSSR count). The van der Waals surface area contributed by atoms with Crippen LogP contribution in [0.1, 0.15) is 61.1 Å². The number of esters is 1. The standard InChI is InChI=1S/C33H32O2S2/c1-4-6-7-11-14-25-16-18-29(36-25)30-20-19-28(37-30)24-15-17-26-27(21-24)22(3)31(33(34)35-5-2)32(26)23-12-9-8-10-13-23/h8-10,12-13,15-21H,3-7,11,14H2,1-2H3. The average molecular weight is 525 g/mol. The van der Waals surface area contributed by atoms with Crippen molar-refractivity contribution < 1.29 is 9.53 Å². The summed E-state index contributed by atoms with van der Waals surface area (Å²) in [6.07, 6.45) is 6.36. The number of hydrogen-bond acceptors (Lipinski definition) is 4. The van der Waals surface area contributed by atoms with Gasteiger partial charge in [0.2, 0.25) is 0 Å². The summed E-state index contributed by atoms with van der Waals surface area (Å²) in [4.78, 5) is 18.3. The summed E-state index contributed by atoms with van der Waals surface area (Å²) >= 11 is 3.74. The molecular formula is C33H32O2S2. The van der Waals surface area contributed by atoms with Gasteiger partial charge < -0.3 is 4.74 Å². The molecule has 4 aromatic rings. The highest BCUT2D eigenvalue weighted by molar-refractivity contribution is 7.23. The Morgan fingerprint density at radius 2 is 1.54 bits per heavy atom. The minimum absolute atomic E-state index is 0.314. The second kappa shape index (κ2) is 11.5. The molecule has 2 aromatic heterocycles. The van der Waals surface area contributed by atoms with Gasteiger partial charge in [-0.25, -0.2) is 4.79 Å². The van der Waals surface area contributed by atoms with E-state index in [2.05, 4.69) is 56.0 Å². The van der Waals surface area contributed by atoms with Gasteiger partial charge in [0.05, 0.1) is 12.2 Å². The lowest BCUT2D eigenvalue weighted by Crippen LogP contribution is -2.08. The highest BCUT2D eigenvalue weighted by atomic mass is 32.1. The van der Waals surface area contributed by atoms with E-state index < -0.39 is 0 Å². The van der Waals surface area contributed by atoms with Crippen molar-refractivity contribution in [1.82, 2.24) is 0 Å². The van der Waals surface area contributed by atoms with Crippen LogP contribution in [0.3, 0.4) is 0 Å². The van der Waals surface area contributed by atoms with E-state index in [-0.39, 0.29) is 5.97 Å². The molecule has 2 heterocycles. The molecule has 0 bridgehead atoms. The van der Waals surface area contributed by atoms with E-state index in [0.29, 0.717) is 12.2 Å². The number of carbonyl (C=O) groups is 1. The quantitative estimate of drug-likeness (QED) is 0.152. The SMILES string of the molecule is C=C1C(C(=O)OCC)=C(c2ccccc2)c2ccc(-c3ccc(-c4ccc(CCCCCC)s4)s3)cc21. The fraction of sp³-hybridized carbons (Fsp3) is 0.242. The summed E-state index contributed by atoms with van der Waals surface area (Å²) in [5.74, 6) is -0.314. The number of aryl methyl sites for hydroxylation is 1. The fourth-order valence-electron chi connectivity index (χ4n) is 4.91. The first-order chi connectivity index (χ1) is 18.1. The molecular weight excluding hydrogens is 492 g/mol. The van der Waals surface area contributed by atoms with Crippen molar-refractivity contribution in [3.63, 3.8) is 0 Å². The van der Waals surface area contributed by atoms with Crippen LogP contribution in [0, 0.1) is 0 Å². The van der Waals surface area contributed by atoms with Gasteiger partial charge in [-0.2, -0.15) is 0 Å². The molecule has 2 nitrogen and oxygen atoms in total. The molecule has 0 aliphatic heterocycles. The molecule has 1 aliphatic carbocycles. The molecule has 4 heteroatoms. The molecule has 0 saturated carbocycles. The molecule has 0 N–H and O–H groups in total. The zero-order valence-electron chi connectivity index (χ0n) is 21.5. The Balaban J connectivity index is 1.43. The van der Waals surface area contributed by atoms with Crippen LogP contribution < -0.4 is 0 Å². The van der Waals surface area contributed by atoms with E-state index in [0.717, 1.165) is 33.4 Å². The van der Waals surface area contributed by atoms with Gasteiger partial charge in [0.25, 0.3) is 0 Å².